The summed E-state index contributed by atoms with van der Waals surface area (Å²) >= 11 is 5.78. The SMILES string of the molecule is CC(=O)OCc1cccc(Cl)c1B(O)O. The smallest absolute Gasteiger partial charge is 0.461 e. The molecule has 2 N–H and O–H groups in total. The van der Waals surface area contributed by atoms with Gasteiger partial charge in [-0.1, -0.05) is 23.7 Å². The molecule has 0 unspecified atom stereocenters. The van der Waals surface area contributed by atoms with Gasteiger partial charge in [0.1, 0.15) is 6.61 Å². The molecule has 1 rings (SSSR count). The largest absolute Gasteiger partial charge is 0.490 e. The third kappa shape index (κ3) is 3.23. The van der Waals surface area contributed by atoms with Gasteiger partial charge >= 0.3 is 13.1 Å². The number of esters is 1. The molecule has 0 radical (unpaired) electrons. The molecule has 4 nitrogen and oxygen atoms in total. The maximum absolute atomic E-state index is 10.6. The molecule has 0 aliphatic carbocycles. The summed E-state index contributed by atoms with van der Waals surface area (Å²) in [5.74, 6) is -0.437. The summed E-state index contributed by atoms with van der Waals surface area (Å²) in [5, 5.41) is 18.4. The molecule has 0 bridgehead atoms. The summed E-state index contributed by atoms with van der Waals surface area (Å²) in [7, 11) is -1.68. The summed E-state index contributed by atoms with van der Waals surface area (Å²) in [6.45, 7) is 1.25. The lowest BCUT2D eigenvalue weighted by atomic mass is 9.77. The molecule has 0 aliphatic rings. The first-order chi connectivity index (χ1) is 7.02. The van der Waals surface area contributed by atoms with Crippen molar-refractivity contribution in [2.45, 2.75) is 13.5 Å². The molecule has 6 heteroatoms. The molecule has 80 valence electrons. The molecule has 15 heavy (non-hydrogen) atoms. The van der Waals surface area contributed by atoms with Crippen molar-refractivity contribution in [1.29, 1.82) is 0 Å². The number of hydrogen-bond donors (Lipinski definition) is 2. The highest BCUT2D eigenvalue weighted by molar-refractivity contribution is 6.63. The zero-order valence-electron chi connectivity index (χ0n) is 8.11. The van der Waals surface area contributed by atoms with Crippen LogP contribution in [0.15, 0.2) is 18.2 Å². The van der Waals surface area contributed by atoms with Gasteiger partial charge in [-0.25, -0.2) is 0 Å². The molecule has 0 fully saturated rings. The van der Waals surface area contributed by atoms with Gasteiger partial charge in [-0.05, 0) is 11.6 Å². The molecule has 1 aromatic rings. The van der Waals surface area contributed by atoms with Gasteiger partial charge in [-0.3, -0.25) is 4.79 Å². The quantitative estimate of drug-likeness (QED) is 0.568. The first-order valence-corrected chi connectivity index (χ1v) is 4.67. The molecule has 0 spiro atoms. The fourth-order valence-electron chi connectivity index (χ4n) is 1.18. The zero-order chi connectivity index (χ0) is 11.4. The van der Waals surface area contributed by atoms with E-state index in [1.165, 1.54) is 13.0 Å². The second kappa shape index (κ2) is 5.16. The van der Waals surface area contributed by atoms with E-state index in [1.54, 1.807) is 12.1 Å². The van der Waals surface area contributed by atoms with E-state index in [-0.39, 0.29) is 17.1 Å². The van der Waals surface area contributed by atoms with Crippen LogP contribution in [0.5, 0.6) is 0 Å². The van der Waals surface area contributed by atoms with Crippen molar-refractivity contribution < 1.29 is 19.6 Å². The predicted molar refractivity (Wildman–Crippen MR) is 56.7 cm³/mol. The van der Waals surface area contributed by atoms with E-state index in [0.717, 1.165) is 0 Å². The van der Waals surface area contributed by atoms with E-state index in [0.29, 0.717) is 5.56 Å². The van der Waals surface area contributed by atoms with Gasteiger partial charge in [-0.15, -0.1) is 0 Å². The number of rotatable bonds is 3. The third-order valence-electron chi connectivity index (χ3n) is 1.83. The van der Waals surface area contributed by atoms with Crippen molar-refractivity contribution in [3.05, 3.63) is 28.8 Å². The number of carbonyl (C=O) groups is 1. The number of halogens is 1. The summed E-state index contributed by atoms with van der Waals surface area (Å²) in [5.41, 5.74) is 0.646. The van der Waals surface area contributed by atoms with Gasteiger partial charge in [0.25, 0.3) is 0 Å². The molecule has 0 aromatic heterocycles. The van der Waals surface area contributed by atoms with Crippen molar-refractivity contribution in [2.75, 3.05) is 0 Å². The van der Waals surface area contributed by atoms with Gasteiger partial charge in [0.2, 0.25) is 0 Å². The fraction of sp³-hybridized carbons (Fsp3) is 0.222. The fourth-order valence-corrected chi connectivity index (χ4v) is 1.47. The maximum atomic E-state index is 10.6. The molecule has 0 aliphatic heterocycles. The van der Waals surface area contributed by atoms with Crippen LogP contribution in [-0.4, -0.2) is 23.1 Å². The van der Waals surface area contributed by atoms with Crippen molar-refractivity contribution in [1.82, 2.24) is 0 Å². The lowest BCUT2D eigenvalue weighted by Gasteiger charge is -2.10. The molecule has 0 amide bonds. The van der Waals surface area contributed by atoms with Crippen molar-refractivity contribution >= 4 is 30.2 Å². The normalized spacial score (nSPS) is 9.87. The van der Waals surface area contributed by atoms with Crippen LogP contribution in [0.3, 0.4) is 0 Å². The first kappa shape index (κ1) is 12.0. The summed E-state index contributed by atoms with van der Waals surface area (Å²) in [6, 6.07) is 4.80. The minimum absolute atomic E-state index is 0.0250. The number of ether oxygens (including phenoxy) is 1. The third-order valence-corrected chi connectivity index (χ3v) is 2.16. The minimum Gasteiger partial charge on any atom is -0.461 e. The Kier molecular flexibility index (Phi) is 4.14. The van der Waals surface area contributed by atoms with E-state index in [2.05, 4.69) is 0 Å². The van der Waals surface area contributed by atoms with Gasteiger partial charge < -0.3 is 14.8 Å². The molecule has 1 aromatic carbocycles. The summed E-state index contributed by atoms with van der Waals surface area (Å²) < 4.78 is 4.75. The molecule has 0 saturated carbocycles. The Morgan fingerprint density at radius 3 is 2.73 bits per heavy atom. The van der Waals surface area contributed by atoms with Crippen LogP contribution in [0.2, 0.25) is 5.02 Å². The maximum Gasteiger partial charge on any atom is 0.490 e. The Hall–Kier alpha value is -1.04. The Balaban J connectivity index is 2.95. The Morgan fingerprint density at radius 1 is 1.53 bits per heavy atom. The van der Waals surface area contributed by atoms with Crippen molar-refractivity contribution in [3.8, 4) is 0 Å². The van der Waals surface area contributed by atoms with Crippen molar-refractivity contribution in [3.63, 3.8) is 0 Å². The van der Waals surface area contributed by atoms with Crippen LogP contribution < -0.4 is 5.46 Å². The number of carbonyl (C=O) groups excluding carboxylic acids is 1. The average Bonchev–Trinajstić information content (AvgIpc) is 2.13. The minimum atomic E-state index is -1.68. The second-order valence-corrected chi connectivity index (χ2v) is 3.37. The van der Waals surface area contributed by atoms with E-state index in [1.807, 2.05) is 0 Å². The van der Waals surface area contributed by atoms with Gasteiger partial charge in [-0.2, -0.15) is 0 Å². The van der Waals surface area contributed by atoms with Crippen LogP contribution in [0, 0.1) is 0 Å². The summed E-state index contributed by atoms with van der Waals surface area (Å²) in [4.78, 5) is 10.6. The van der Waals surface area contributed by atoms with E-state index >= 15 is 0 Å². The van der Waals surface area contributed by atoms with Crippen LogP contribution in [-0.2, 0) is 16.1 Å². The van der Waals surface area contributed by atoms with Gasteiger partial charge in [0, 0.05) is 17.4 Å². The molecule has 0 atom stereocenters. The Morgan fingerprint density at radius 2 is 2.20 bits per heavy atom. The van der Waals surface area contributed by atoms with Gasteiger partial charge in [0.15, 0.2) is 0 Å². The number of hydrogen-bond acceptors (Lipinski definition) is 4. The lowest BCUT2D eigenvalue weighted by molar-refractivity contribution is -0.142. The van der Waals surface area contributed by atoms with Crippen LogP contribution in [0.4, 0.5) is 0 Å². The highest BCUT2D eigenvalue weighted by atomic mass is 35.5. The van der Waals surface area contributed by atoms with E-state index in [4.69, 9.17) is 26.4 Å². The topological polar surface area (TPSA) is 66.8 Å². The monoisotopic (exact) mass is 228 g/mol. The predicted octanol–water partition coefficient (Wildman–Crippen LogP) is 0.0829. The molecule has 0 heterocycles. The molecular formula is C9H10BClO4. The summed E-state index contributed by atoms with van der Waals surface area (Å²) in [6.07, 6.45) is 0. The lowest BCUT2D eigenvalue weighted by Crippen LogP contribution is -2.34. The van der Waals surface area contributed by atoms with E-state index in [9.17, 15) is 4.79 Å². The Labute approximate surface area is 92.6 Å². The van der Waals surface area contributed by atoms with Crippen LogP contribution in [0.25, 0.3) is 0 Å². The second-order valence-electron chi connectivity index (χ2n) is 2.97. The van der Waals surface area contributed by atoms with Crippen LogP contribution >= 0.6 is 11.6 Å². The van der Waals surface area contributed by atoms with Gasteiger partial charge in [0.05, 0.1) is 0 Å². The zero-order valence-corrected chi connectivity index (χ0v) is 8.86. The highest BCUT2D eigenvalue weighted by Crippen LogP contribution is 2.10. The standard InChI is InChI=1S/C9H10BClO4/c1-6(12)15-5-7-3-2-4-8(11)9(7)10(13)14/h2-4,13-14H,5H2,1H3. The molecular weight excluding hydrogens is 218 g/mol. The van der Waals surface area contributed by atoms with E-state index < -0.39 is 13.1 Å². The highest BCUT2D eigenvalue weighted by Gasteiger charge is 2.19. The number of benzene rings is 1. The molecule has 0 saturated heterocycles. The Bertz CT molecular complexity index is 367. The van der Waals surface area contributed by atoms with Crippen LogP contribution in [0.1, 0.15) is 12.5 Å². The average molecular weight is 228 g/mol. The first-order valence-electron chi connectivity index (χ1n) is 4.29. The van der Waals surface area contributed by atoms with Crippen molar-refractivity contribution in [2.24, 2.45) is 0 Å².